The lowest BCUT2D eigenvalue weighted by Gasteiger charge is -2.26. The second-order valence-electron chi connectivity index (χ2n) is 6.13. The summed E-state index contributed by atoms with van der Waals surface area (Å²) in [6, 6.07) is 12.1. The fourth-order valence-corrected chi connectivity index (χ4v) is 4.58. The standard InChI is InChI=1S/C18H20ClN3O3S/c1-3-20-26(24,25)17-11-14(19)8-9-15(17)18(23)21-22-12(2)10-13-6-4-5-7-16(13)22/h4-9,11-12,20H,3,10H2,1-2H3,(H,21,23). The summed E-state index contributed by atoms with van der Waals surface area (Å²) < 4.78 is 27.3. The Balaban J connectivity index is 1.94. The van der Waals surface area contributed by atoms with Gasteiger partial charge in [0.05, 0.1) is 22.2 Å². The van der Waals surface area contributed by atoms with Gasteiger partial charge in [-0.3, -0.25) is 15.2 Å². The Morgan fingerprint density at radius 1 is 1.27 bits per heavy atom. The number of fused-ring (bicyclic) bond motifs is 1. The molecule has 0 saturated heterocycles. The normalized spacial score (nSPS) is 16.4. The van der Waals surface area contributed by atoms with Crippen molar-refractivity contribution in [2.75, 3.05) is 11.6 Å². The van der Waals surface area contributed by atoms with Gasteiger partial charge in [-0.1, -0.05) is 36.7 Å². The number of hydrogen-bond donors (Lipinski definition) is 2. The number of amides is 1. The number of sulfonamides is 1. The van der Waals surface area contributed by atoms with Crippen LogP contribution in [-0.2, 0) is 16.4 Å². The van der Waals surface area contributed by atoms with Crippen molar-refractivity contribution < 1.29 is 13.2 Å². The molecule has 3 rings (SSSR count). The number of rotatable bonds is 5. The first-order valence-corrected chi connectivity index (χ1v) is 10.2. The molecule has 6 nitrogen and oxygen atoms in total. The Labute approximate surface area is 158 Å². The van der Waals surface area contributed by atoms with Crippen LogP contribution in [0.5, 0.6) is 0 Å². The summed E-state index contributed by atoms with van der Waals surface area (Å²) in [4.78, 5) is 12.7. The number of nitrogens with one attached hydrogen (secondary N) is 2. The van der Waals surface area contributed by atoms with E-state index in [-0.39, 0.29) is 28.1 Å². The van der Waals surface area contributed by atoms with Gasteiger partial charge in [-0.05, 0) is 43.2 Å². The zero-order valence-electron chi connectivity index (χ0n) is 14.5. The van der Waals surface area contributed by atoms with E-state index in [2.05, 4.69) is 10.1 Å². The summed E-state index contributed by atoms with van der Waals surface area (Å²) in [7, 11) is -3.83. The van der Waals surface area contributed by atoms with Gasteiger partial charge in [0.25, 0.3) is 5.91 Å². The molecule has 0 aromatic heterocycles. The molecule has 8 heteroatoms. The maximum absolute atomic E-state index is 12.9. The van der Waals surface area contributed by atoms with Gasteiger partial charge >= 0.3 is 0 Å². The first-order chi connectivity index (χ1) is 12.3. The molecule has 1 aliphatic rings. The summed E-state index contributed by atoms with van der Waals surface area (Å²) >= 11 is 5.95. The van der Waals surface area contributed by atoms with Gasteiger partial charge < -0.3 is 0 Å². The van der Waals surface area contributed by atoms with E-state index in [1.165, 1.54) is 18.2 Å². The number of carbonyl (C=O) groups is 1. The van der Waals surface area contributed by atoms with E-state index in [0.29, 0.717) is 0 Å². The molecule has 0 radical (unpaired) electrons. The van der Waals surface area contributed by atoms with Crippen LogP contribution in [0.25, 0.3) is 0 Å². The third-order valence-corrected chi connectivity index (χ3v) is 6.06. The van der Waals surface area contributed by atoms with Crippen molar-refractivity contribution in [3.8, 4) is 0 Å². The van der Waals surface area contributed by atoms with Gasteiger partial charge in [-0.15, -0.1) is 0 Å². The molecule has 1 amide bonds. The summed E-state index contributed by atoms with van der Waals surface area (Å²) in [5, 5.41) is 2.02. The van der Waals surface area contributed by atoms with Crippen LogP contribution in [-0.4, -0.2) is 26.9 Å². The minimum Gasteiger partial charge on any atom is -0.282 e. The third-order valence-electron chi connectivity index (χ3n) is 4.24. The highest BCUT2D eigenvalue weighted by atomic mass is 35.5. The average molecular weight is 394 g/mol. The maximum Gasteiger partial charge on any atom is 0.271 e. The molecule has 26 heavy (non-hydrogen) atoms. The van der Waals surface area contributed by atoms with Gasteiger partial charge in [0.15, 0.2) is 0 Å². The molecular formula is C18H20ClN3O3S. The maximum atomic E-state index is 12.9. The highest BCUT2D eigenvalue weighted by Gasteiger charge is 2.29. The van der Waals surface area contributed by atoms with Crippen molar-refractivity contribution in [2.45, 2.75) is 31.2 Å². The van der Waals surface area contributed by atoms with Crippen LogP contribution in [0.2, 0.25) is 5.02 Å². The lowest BCUT2D eigenvalue weighted by molar-refractivity contribution is 0.0943. The first kappa shape index (κ1) is 18.7. The number of halogens is 1. The monoisotopic (exact) mass is 393 g/mol. The predicted molar refractivity (Wildman–Crippen MR) is 102 cm³/mol. The minimum atomic E-state index is -3.83. The van der Waals surface area contributed by atoms with Crippen LogP contribution >= 0.6 is 11.6 Å². The van der Waals surface area contributed by atoms with Crippen molar-refractivity contribution in [1.82, 2.24) is 10.1 Å². The topological polar surface area (TPSA) is 78.5 Å². The Morgan fingerprint density at radius 2 is 2.00 bits per heavy atom. The molecule has 2 aromatic rings. The number of para-hydroxylation sites is 1. The van der Waals surface area contributed by atoms with E-state index in [4.69, 9.17) is 11.6 Å². The molecule has 0 saturated carbocycles. The van der Waals surface area contributed by atoms with Crippen molar-refractivity contribution in [3.63, 3.8) is 0 Å². The fraction of sp³-hybridized carbons (Fsp3) is 0.278. The smallest absolute Gasteiger partial charge is 0.271 e. The first-order valence-electron chi connectivity index (χ1n) is 8.31. The SMILES string of the molecule is CCNS(=O)(=O)c1cc(Cl)ccc1C(=O)NN1c2ccccc2CC1C. The molecule has 0 aliphatic carbocycles. The molecule has 1 heterocycles. The number of carbonyl (C=O) groups excluding carboxylic acids is 1. The highest BCUT2D eigenvalue weighted by Crippen LogP contribution is 2.30. The molecular weight excluding hydrogens is 374 g/mol. The second-order valence-corrected chi connectivity index (χ2v) is 8.31. The zero-order valence-corrected chi connectivity index (χ0v) is 16.1. The molecule has 1 aliphatic heterocycles. The van der Waals surface area contributed by atoms with E-state index >= 15 is 0 Å². The van der Waals surface area contributed by atoms with Gasteiger partial charge in [-0.25, -0.2) is 13.1 Å². The van der Waals surface area contributed by atoms with Crippen LogP contribution in [0.3, 0.4) is 0 Å². The molecule has 2 N–H and O–H groups in total. The number of nitrogens with zero attached hydrogens (tertiary/aromatic N) is 1. The molecule has 0 spiro atoms. The van der Waals surface area contributed by atoms with Gasteiger partial charge in [0.2, 0.25) is 10.0 Å². The van der Waals surface area contributed by atoms with E-state index in [9.17, 15) is 13.2 Å². The lowest BCUT2D eigenvalue weighted by atomic mass is 10.1. The summed E-state index contributed by atoms with van der Waals surface area (Å²) in [5.74, 6) is -0.498. The number of benzene rings is 2. The lowest BCUT2D eigenvalue weighted by Crippen LogP contribution is -2.46. The minimum absolute atomic E-state index is 0.0481. The summed E-state index contributed by atoms with van der Waals surface area (Å²) in [6.07, 6.45) is 0.805. The molecule has 1 unspecified atom stereocenters. The number of hydrogen-bond acceptors (Lipinski definition) is 4. The van der Waals surface area contributed by atoms with E-state index in [0.717, 1.165) is 17.7 Å². The summed E-state index contributed by atoms with van der Waals surface area (Å²) in [5.41, 5.74) is 4.93. The van der Waals surface area contributed by atoms with Crippen molar-refractivity contribution in [1.29, 1.82) is 0 Å². The highest BCUT2D eigenvalue weighted by molar-refractivity contribution is 7.89. The fourth-order valence-electron chi connectivity index (χ4n) is 3.08. The molecule has 0 fully saturated rings. The van der Waals surface area contributed by atoms with Gasteiger partial charge in [0.1, 0.15) is 0 Å². The van der Waals surface area contributed by atoms with Crippen molar-refractivity contribution in [3.05, 3.63) is 58.6 Å². The Bertz CT molecular complexity index is 946. The summed E-state index contributed by atoms with van der Waals surface area (Å²) in [6.45, 7) is 3.88. The average Bonchev–Trinajstić information content (AvgIpc) is 2.90. The second kappa shape index (κ2) is 7.26. The number of hydrazine groups is 1. The van der Waals surface area contributed by atoms with E-state index in [1.807, 2.05) is 31.2 Å². The third kappa shape index (κ3) is 3.56. The van der Waals surface area contributed by atoms with Gasteiger partial charge in [0, 0.05) is 11.6 Å². The van der Waals surface area contributed by atoms with Crippen LogP contribution in [0.15, 0.2) is 47.4 Å². The largest absolute Gasteiger partial charge is 0.282 e. The van der Waals surface area contributed by atoms with Gasteiger partial charge in [-0.2, -0.15) is 0 Å². The zero-order chi connectivity index (χ0) is 18.9. The van der Waals surface area contributed by atoms with Crippen molar-refractivity contribution in [2.24, 2.45) is 0 Å². The van der Waals surface area contributed by atoms with Crippen LogP contribution in [0.4, 0.5) is 5.69 Å². The van der Waals surface area contributed by atoms with Crippen LogP contribution < -0.4 is 15.2 Å². The quantitative estimate of drug-likeness (QED) is 0.818. The Hall–Kier alpha value is -2.09. The van der Waals surface area contributed by atoms with Crippen LogP contribution in [0, 0.1) is 0 Å². The molecule has 2 aromatic carbocycles. The molecule has 0 bridgehead atoms. The number of anilines is 1. The van der Waals surface area contributed by atoms with Crippen molar-refractivity contribution >= 4 is 33.2 Å². The van der Waals surface area contributed by atoms with E-state index < -0.39 is 15.9 Å². The predicted octanol–water partition coefficient (Wildman–Crippen LogP) is 2.73. The molecule has 138 valence electrons. The van der Waals surface area contributed by atoms with Crippen LogP contribution in [0.1, 0.15) is 29.8 Å². The Morgan fingerprint density at radius 3 is 2.73 bits per heavy atom. The van der Waals surface area contributed by atoms with E-state index in [1.54, 1.807) is 11.9 Å². The molecule has 1 atom stereocenters. The Kier molecular flexibility index (Phi) is 5.22.